The zero-order valence-corrected chi connectivity index (χ0v) is 7.12. The first-order chi connectivity index (χ1) is 4.41. The van der Waals surface area contributed by atoms with Gasteiger partial charge in [0.25, 0.3) is 0 Å². The highest BCUT2D eigenvalue weighted by Gasteiger charge is 1.83. The molecule has 0 aromatic rings. The van der Waals surface area contributed by atoms with Crippen molar-refractivity contribution in [3.8, 4) is 0 Å². The molecule has 0 N–H and O–H groups in total. The van der Waals surface area contributed by atoms with Crippen molar-refractivity contribution in [1.29, 1.82) is 0 Å². The molecule has 0 aliphatic carbocycles. The monoisotopic (exact) mass is 163 g/mol. The molecule has 0 saturated carbocycles. The first-order valence-electron chi connectivity index (χ1n) is 3.45. The Kier molecular flexibility index (Phi) is 14.2. The molecule has 0 aliphatic rings. The van der Waals surface area contributed by atoms with Crippen LogP contribution in [0.3, 0.4) is 0 Å². The predicted molar refractivity (Wildman–Crippen MR) is 44.4 cm³/mol. The normalized spacial score (nSPS) is 7.70. The van der Waals surface area contributed by atoms with Crippen LogP contribution in [0.4, 0.5) is 0 Å². The summed E-state index contributed by atoms with van der Waals surface area (Å²) in [6.07, 6.45) is 6.20. The maximum absolute atomic E-state index is 9.55. The van der Waals surface area contributed by atoms with Crippen molar-refractivity contribution < 1.29 is 4.79 Å². The summed E-state index contributed by atoms with van der Waals surface area (Å²) in [6, 6.07) is 0. The minimum absolute atomic E-state index is 0. The van der Waals surface area contributed by atoms with Crippen molar-refractivity contribution in [3.63, 3.8) is 0 Å². The van der Waals surface area contributed by atoms with E-state index >= 15 is 0 Å². The van der Waals surface area contributed by atoms with Gasteiger partial charge in [-0.05, 0) is 6.42 Å². The van der Waals surface area contributed by atoms with E-state index in [-0.39, 0.29) is 12.4 Å². The molecule has 0 bridgehead atoms. The summed E-state index contributed by atoms with van der Waals surface area (Å²) in [6.45, 7) is 2.81. The topological polar surface area (TPSA) is 29.4 Å². The molecule has 0 saturated heterocycles. The summed E-state index contributed by atoms with van der Waals surface area (Å²) >= 11 is 0. The molecule has 0 unspecified atom stereocenters. The van der Waals surface area contributed by atoms with Gasteiger partial charge in [-0.15, -0.1) is 12.4 Å². The van der Waals surface area contributed by atoms with Gasteiger partial charge in [-0.1, -0.05) is 26.2 Å². The van der Waals surface area contributed by atoms with Crippen molar-refractivity contribution >= 4 is 18.5 Å². The Morgan fingerprint density at radius 3 is 2.50 bits per heavy atom. The molecular weight excluding hydrogens is 150 g/mol. The van der Waals surface area contributed by atoms with Crippen molar-refractivity contribution in [1.82, 2.24) is 0 Å². The van der Waals surface area contributed by atoms with Crippen molar-refractivity contribution in [3.05, 3.63) is 0 Å². The molecule has 10 heavy (non-hydrogen) atoms. The van der Waals surface area contributed by atoms with Gasteiger partial charge in [-0.25, -0.2) is 9.79 Å². The number of aliphatic imine (C=N–C) groups is 1. The second-order valence-electron chi connectivity index (χ2n) is 2.03. The maximum atomic E-state index is 9.55. The lowest BCUT2D eigenvalue weighted by Crippen LogP contribution is -1.79. The van der Waals surface area contributed by atoms with Gasteiger partial charge >= 0.3 is 0 Å². The van der Waals surface area contributed by atoms with Crippen LogP contribution >= 0.6 is 12.4 Å². The van der Waals surface area contributed by atoms with E-state index in [0.717, 1.165) is 6.42 Å². The molecule has 2 nitrogen and oxygen atoms in total. The molecule has 3 heteroatoms. The van der Waals surface area contributed by atoms with Gasteiger partial charge in [0.15, 0.2) is 0 Å². The average molecular weight is 164 g/mol. The molecule has 0 aliphatic heterocycles. The lowest BCUT2D eigenvalue weighted by Gasteiger charge is -1.90. The van der Waals surface area contributed by atoms with Gasteiger partial charge in [0.05, 0.1) is 6.54 Å². The fourth-order valence-electron chi connectivity index (χ4n) is 0.663. The zero-order chi connectivity index (χ0) is 6.95. The summed E-state index contributed by atoms with van der Waals surface area (Å²) in [7, 11) is 0. The van der Waals surface area contributed by atoms with Gasteiger partial charge in [0.1, 0.15) is 0 Å². The largest absolute Gasteiger partial charge is 0.234 e. The molecule has 0 heterocycles. The summed E-state index contributed by atoms with van der Waals surface area (Å²) in [5, 5.41) is 0. The molecule has 0 amide bonds. The third-order valence-electron chi connectivity index (χ3n) is 1.19. The van der Waals surface area contributed by atoms with E-state index in [2.05, 4.69) is 11.9 Å². The quantitative estimate of drug-likeness (QED) is 0.348. The minimum Gasteiger partial charge on any atom is -0.211 e. The number of halogens is 1. The number of hydrogen-bond donors (Lipinski definition) is 0. The summed E-state index contributed by atoms with van der Waals surface area (Å²) < 4.78 is 0. The van der Waals surface area contributed by atoms with E-state index < -0.39 is 0 Å². The molecule has 0 spiro atoms. The smallest absolute Gasteiger partial charge is 0.211 e. The van der Waals surface area contributed by atoms with E-state index in [0.29, 0.717) is 6.54 Å². The first kappa shape index (κ1) is 12.4. The van der Waals surface area contributed by atoms with E-state index in [1.165, 1.54) is 25.3 Å². The Morgan fingerprint density at radius 2 is 2.00 bits per heavy atom. The number of carbonyl (C=O) groups excluding carboxylic acids is 1. The third-order valence-corrected chi connectivity index (χ3v) is 1.19. The maximum Gasteiger partial charge on any atom is 0.234 e. The highest BCUT2D eigenvalue weighted by Crippen LogP contribution is 1.97. The van der Waals surface area contributed by atoms with Crippen LogP contribution in [-0.4, -0.2) is 12.6 Å². The number of unbranched alkanes of at least 4 members (excludes halogenated alkanes) is 3. The SMILES string of the molecule is CCCCCCN=C=O.Cl. The van der Waals surface area contributed by atoms with Crippen LogP contribution in [0.25, 0.3) is 0 Å². The third kappa shape index (κ3) is 10.6. The summed E-state index contributed by atoms with van der Waals surface area (Å²) in [5.41, 5.74) is 0. The molecular formula is C7H14ClNO. The fourth-order valence-corrected chi connectivity index (χ4v) is 0.663. The lowest BCUT2D eigenvalue weighted by atomic mass is 10.2. The van der Waals surface area contributed by atoms with Gasteiger partial charge in [0.2, 0.25) is 6.08 Å². The van der Waals surface area contributed by atoms with Gasteiger partial charge < -0.3 is 0 Å². The average Bonchev–Trinajstić information content (AvgIpc) is 1.89. The van der Waals surface area contributed by atoms with E-state index in [1.807, 2.05) is 0 Å². The van der Waals surface area contributed by atoms with Crippen molar-refractivity contribution in [2.24, 2.45) is 4.99 Å². The molecule has 0 fully saturated rings. The van der Waals surface area contributed by atoms with Crippen molar-refractivity contribution in [2.75, 3.05) is 6.54 Å². The number of hydrogen-bond acceptors (Lipinski definition) is 2. The molecule has 0 atom stereocenters. The Labute approximate surface area is 68.1 Å². The molecule has 0 radical (unpaired) electrons. The minimum atomic E-state index is 0. The molecule has 0 aromatic heterocycles. The Bertz CT molecular complexity index is 99.8. The van der Waals surface area contributed by atoms with Gasteiger partial charge in [-0.3, -0.25) is 0 Å². The Balaban J connectivity index is 0. The Morgan fingerprint density at radius 1 is 1.30 bits per heavy atom. The van der Waals surface area contributed by atoms with Gasteiger partial charge in [-0.2, -0.15) is 0 Å². The molecule has 60 valence electrons. The lowest BCUT2D eigenvalue weighted by molar-refractivity contribution is 0.561. The fraction of sp³-hybridized carbons (Fsp3) is 0.857. The van der Waals surface area contributed by atoms with Gasteiger partial charge in [0, 0.05) is 0 Å². The van der Waals surface area contributed by atoms with Crippen LogP contribution in [0.1, 0.15) is 32.6 Å². The van der Waals surface area contributed by atoms with Crippen molar-refractivity contribution in [2.45, 2.75) is 32.6 Å². The van der Waals surface area contributed by atoms with E-state index in [4.69, 9.17) is 0 Å². The van der Waals surface area contributed by atoms with Crippen LogP contribution in [0, 0.1) is 0 Å². The standard InChI is InChI=1S/C7H13NO.ClH/c1-2-3-4-5-6-8-7-9;/h2-6H2,1H3;1H. The molecule has 0 aromatic carbocycles. The van der Waals surface area contributed by atoms with Crippen LogP contribution in [0.2, 0.25) is 0 Å². The highest BCUT2D eigenvalue weighted by molar-refractivity contribution is 5.85. The van der Waals surface area contributed by atoms with Crippen LogP contribution in [-0.2, 0) is 4.79 Å². The van der Waals surface area contributed by atoms with E-state index in [9.17, 15) is 4.79 Å². The van der Waals surface area contributed by atoms with Crippen LogP contribution in [0.5, 0.6) is 0 Å². The second kappa shape index (κ2) is 11.5. The van der Waals surface area contributed by atoms with E-state index in [1.54, 1.807) is 0 Å². The first-order valence-corrected chi connectivity index (χ1v) is 3.45. The summed E-state index contributed by atoms with van der Waals surface area (Å²) in [5.74, 6) is 0. The predicted octanol–water partition coefficient (Wildman–Crippen LogP) is 2.32. The molecule has 0 rings (SSSR count). The second-order valence-corrected chi connectivity index (χ2v) is 2.03. The van der Waals surface area contributed by atoms with Crippen LogP contribution in [0.15, 0.2) is 4.99 Å². The number of isocyanates is 1. The zero-order valence-electron chi connectivity index (χ0n) is 6.30. The Hall–Kier alpha value is -0.330. The number of rotatable bonds is 5. The highest BCUT2D eigenvalue weighted by atomic mass is 35.5. The summed E-state index contributed by atoms with van der Waals surface area (Å²) in [4.78, 5) is 13.0. The number of nitrogens with zero attached hydrogens (tertiary/aromatic N) is 1. The van der Waals surface area contributed by atoms with Crippen LogP contribution < -0.4 is 0 Å².